The SMILES string of the molecule is CCc1ccc(-c2nc(COCC(=O)CCc3ccncc3)c(C)o2)cc1. The van der Waals surface area contributed by atoms with Crippen molar-refractivity contribution in [1.82, 2.24) is 9.97 Å². The summed E-state index contributed by atoms with van der Waals surface area (Å²) >= 11 is 0. The summed E-state index contributed by atoms with van der Waals surface area (Å²) in [6, 6.07) is 12.0. The number of aromatic nitrogens is 2. The Bertz CT molecular complexity index is 870. The quantitative estimate of drug-likeness (QED) is 0.565. The number of ether oxygens (including phenoxy) is 1. The highest BCUT2D eigenvalue weighted by Crippen LogP contribution is 2.22. The molecule has 0 saturated heterocycles. The molecular weight excluding hydrogens is 340 g/mol. The Hall–Kier alpha value is -2.79. The van der Waals surface area contributed by atoms with Crippen LogP contribution in [0.2, 0.25) is 0 Å². The standard InChI is InChI=1S/C22H24N2O3/c1-3-17-4-7-19(8-5-17)22-24-21(16(2)27-22)15-26-14-20(25)9-6-18-10-12-23-13-11-18/h4-5,7-8,10-13H,3,6,9,14-15H2,1-2H3. The Morgan fingerprint density at radius 3 is 2.52 bits per heavy atom. The third kappa shape index (κ3) is 5.34. The molecule has 0 aliphatic rings. The van der Waals surface area contributed by atoms with Crippen LogP contribution in [0.3, 0.4) is 0 Å². The average molecular weight is 364 g/mol. The fourth-order valence-electron chi connectivity index (χ4n) is 2.74. The first-order valence-electron chi connectivity index (χ1n) is 9.19. The lowest BCUT2D eigenvalue weighted by Gasteiger charge is -2.03. The van der Waals surface area contributed by atoms with Crippen LogP contribution in [0.4, 0.5) is 0 Å². The molecule has 140 valence electrons. The van der Waals surface area contributed by atoms with Gasteiger partial charge in [0.05, 0.1) is 6.61 Å². The van der Waals surface area contributed by atoms with Crippen molar-refractivity contribution in [1.29, 1.82) is 0 Å². The van der Waals surface area contributed by atoms with Gasteiger partial charge in [-0.2, -0.15) is 0 Å². The average Bonchev–Trinajstić information content (AvgIpc) is 3.08. The van der Waals surface area contributed by atoms with Gasteiger partial charge in [0.2, 0.25) is 5.89 Å². The fraction of sp³-hybridized carbons (Fsp3) is 0.318. The molecule has 27 heavy (non-hydrogen) atoms. The van der Waals surface area contributed by atoms with Gasteiger partial charge < -0.3 is 9.15 Å². The molecule has 0 aliphatic heterocycles. The highest BCUT2D eigenvalue weighted by atomic mass is 16.5. The molecule has 0 fully saturated rings. The summed E-state index contributed by atoms with van der Waals surface area (Å²) in [6.07, 6.45) is 5.62. The van der Waals surface area contributed by atoms with Crippen LogP contribution in [0.1, 0.15) is 35.9 Å². The zero-order valence-electron chi connectivity index (χ0n) is 15.8. The lowest BCUT2D eigenvalue weighted by Crippen LogP contribution is -2.10. The number of hydrogen-bond acceptors (Lipinski definition) is 5. The monoisotopic (exact) mass is 364 g/mol. The molecule has 3 rings (SSSR count). The molecule has 0 spiro atoms. The van der Waals surface area contributed by atoms with E-state index in [1.807, 2.05) is 31.2 Å². The number of pyridine rings is 1. The smallest absolute Gasteiger partial charge is 0.226 e. The van der Waals surface area contributed by atoms with Crippen molar-refractivity contribution >= 4 is 5.78 Å². The maximum absolute atomic E-state index is 12.0. The Morgan fingerprint density at radius 1 is 1.07 bits per heavy atom. The zero-order chi connectivity index (χ0) is 19.1. The van der Waals surface area contributed by atoms with Gasteiger partial charge in [0.25, 0.3) is 0 Å². The Kier molecular flexibility index (Phi) is 6.49. The number of rotatable bonds is 9. The first-order valence-corrected chi connectivity index (χ1v) is 9.19. The molecule has 0 bridgehead atoms. The van der Waals surface area contributed by atoms with E-state index in [0.29, 0.717) is 24.5 Å². The van der Waals surface area contributed by atoms with Gasteiger partial charge in [-0.15, -0.1) is 0 Å². The molecule has 0 atom stereocenters. The Labute approximate surface area is 159 Å². The van der Waals surface area contributed by atoms with Crippen LogP contribution >= 0.6 is 0 Å². The van der Waals surface area contributed by atoms with Crippen LogP contribution in [0.25, 0.3) is 11.5 Å². The zero-order valence-corrected chi connectivity index (χ0v) is 15.8. The number of carbonyl (C=O) groups excluding carboxylic acids is 1. The number of hydrogen-bond donors (Lipinski definition) is 0. The number of Topliss-reactive ketones (excluding diaryl/α,β-unsaturated/α-hetero) is 1. The predicted octanol–water partition coefficient (Wildman–Crippen LogP) is 4.33. The first kappa shape index (κ1) is 19.0. The number of oxazole rings is 1. The van der Waals surface area contributed by atoms with Gasteiger partial charge in [0, 0.05) is 24.4 Å². The van der Waals surface area contributed by atoms with Crippen molar-refractivity contribution in [2.45, 2.75) is 39.7 Å². The maximum Gasteiger partial charge on any atom is 0.226 e. The second kappa shape index (κ2) is 9.24. The summed E-state index contributed by atoms with van der Waals surface area (Å²) in [7, 11) is 0. The summed E-state index contributed by atoms with van der Waals surface area (Å²) in [4.78, 5) is 20.5. The summed E-state index contributed by atoms with van der Waals surface area (Å²) in [5, 5.41) is 0. The Morgan fingerprint density at radius 2 is 1.81 bits per heavy atom. The minimum atomic E-state index is 0.0725. The minimum Gasteiger partial charge on any atom is -0.441 e. The third-order valence-corrected chi connectivity index (χ3v) is 4.45. The van der Waals surface area contributed by atoms with E-state index in [9.17, 15) is 4.79 Å². The molecule has 3 aromatic rings. The molecule has 0 N–H and O–H groups in total. The molecule has 0 unspecified atom stereocenters. The van der Waals surface area contributed by atoms with Crippen LogP contribution in [-0.2, 0) is 29.0 Å². The topological polar surface area (TPSA) is 65.2 Å². The van der Waals surface area contributed by atoms with Gasteiger partial charge >= 0.3 is 0 Å². The number of nitrogens with zero attached hydrogens (tertiary/aromatic N) is 2. The van der Waals surface area contributed by atoms with Crippen LogP contribution in [0, 0.1) is 6.92 Å². The number of benzene rings is 1. The van der Waals surface area contributed by atoms with E-state index in [0.717, 1.165) is 23.2 Å². The van der Waals surface area contributed by atoms with E-state index in [1.165, 1.54) is 5.56 Å². The number of ketones is 1. The van der Waals surface area contributed by atoms with Gasteiger partial charge in [-0.1, -0.05) is 19.1 Å². The Balaban J connectivity index is 1.49. The van der Waals surface area contributed by atoms with Crippen molar-refractivity contribution in [3.05, 3.63) is 71.4 Å². The van der Waals surface area contributed by atoms with Crippen LogP contribution < -0.4 is 0 Å². The second-order valence-electron chi connectivity index (χ2n) is 6.46. The summed E-state index contributed by atoms with van der Waals surface area (Å²) in [5.74, 6) is 1.37. The summed E-state index contributed by atoms with van der Waals surface area (Å²) in [5.41, 5.74) is 4.04. The van der Waals surface area contributed by atoms with Crippen molar-refractivity contribution in [3.63, 3.8) is 0 Å². The van der Waals surface area contributed by atoms with Gasteiger partial charge in [-0.25, -0.2) is 4.98 Å². The van der Waals surface area contributed by atoms with E-state index < -0.39 is 0 Å². The fourth-order valence-corrected chi connectivity index (χ4v) is 2.74. The third-order valence-electron chi connectivity index (χ3n) is 4.45. The molecule has 0 saturated carbocycles. The molecule has 2 aromatic heterocycles. The van der Waals surface area contributed by atoms with Gasteiger partial charge in [0.15, 0.2) is 5.78 Å². The van der Waals surface area contributed by atoms with Crippen LogP contribution in [0.15, 0.2) is 53.2 Å². The maximum atomic E-state index is 12.0. The van der Waals surface area contributed by atoms with Crippen molar-refractivity contribution in [2.75, 3.05) is 6.61 Å². The lowest BCUT2D eigenvalue weighted by atomic mass is 10.1. The van der Waals surface area contributed by atoms with E-state index in [1.54, 1.807) is 12.4 Å². The highest BCUT2D eigenvalue weighted by Gasteiger charge is 2.12. The first-order chi connectivity index (χ1) is 13.2. The van der Waals surface area contributed by atoms with E-state index in [4.69, 9.17) is 9.15 Å². The summed E-state index contributed by atoms with van der Waals surface area (Å²) < 4.78 is 11.3. The van der Waals surface area contributed by atoms with Gasteiger partial charge in [-0.05, 0) is 55.2 Å². The lowest BCUT2D eigenvalue weighted by molar-refractivity contribution is -0.124. The molecule has 0 aliphatic carbocycles. The molecule has 5 nitrogen and oxygen atoms in total. The van der Waals surface area contributed by atoms with E-state index >= 15 is 0 Å². The molecule has 0 radical (unpaired) electrons. The minimum absolute atomic E-state index is 0.0725. The highest BCUT2D eigenvalue weighted by molar-refractivity contribution is 5.79. The van der Waals surface area contributed by atoms with Crippen molar-refractivity contribution in [2.24, 2.45) is 0 Å². The van der Waals surface area contributed by atoms with E-state index in [2.05, 4.69) is 29.0 Å². The number of aryl methyl sites for hydroxylation is 3. The molecule has 2 heterocycles. The summed E-state index contributed by atoms with van der Waals surface area (Å²) in [6.45, 7) is 4.33. The second-order valence-corrected chi connectivity index (χ2v) is 6.46. The van der Waals surface area contributed by atoms with Crippen LogP contribution in [-0.4, -0.2) is 22.4 Å². The largest absolute Gasteiger partial charge is 0.441 e. The molecule has 5 heteroatoms. The predicted molar refractivity (Wildman–Crippen MR) is 103 cm³/mol. The van der Waals surface area contributed by atoms with Crippen molar-refractivity contribution < 1.29 is 13.9 Å². The molecule has 1 aromatic carbocycles. The van der Waals surface area contributed by atoms with E-state index in [-0.39, 0.29) is 19.0 Å². The van der Waals surface area contributed by atoms with Gasteiger partial charge in [0.1, 0.15) is 18.1 Å². The molecular formula is C22H24N2O3. The number of carbonyl (C=O) groups is 1. The normalized spacial score (nSPS) is 10.9. The molecule has 0 amide bonds. The van der Waals surface area contributed by atoms with Crippen molar-refractivity contribution in [3.8, 4) is 11.5 Å². The van der Waals surface area contributed by atoms with Crippen LogP contribution in [0.5, 0.6) is 0 Å². The van der Waals surface area contributed by atoms with Gasteiger partial charge in [-0.3, -0.25) is 9.78 Å².